The Balaban J connectivity index is 2.12. The Morgan fingerprint density at radius 1 is 1.03 bits per heavy atom. The van der Waals surface area contributed by atoms with Gasteiger partial charge in [-0.05, 0) is 36.0 Å². The Morgan fingerprint density at radius 2 is 1.72 bits per heavy atom. The number of hydrogen-bond acceptors (Lipinski definition) is 7. The lowest BCUT2D eigenvalue weighted by molar-refractivity contribution is -0.141. The van der Waals surface area contributed by atoms with Gasteiger partial charge < -0.3 is 19.5 Å². The Labute approximate surface area is 207 Å². The van der Waals surface area contributed by atoms with E-state index in [4.69, 9.17) is 27.1 Å². The lowest BCUT2D eigenvalue weighted by Gasteiger charge is -2.19. The summed E-state index contributed by atoms with van der Waals surface area (Å²) >= 11 is 0. The Morgan fingerprint density at radius 3 is 2.31 bits per heavy atom. The molecule has 2 aromatic rings. The fourth-order valence-corrected chi connectivity index (χ4v) is 3.07. The van der Waals surface area contributed by atoms with Gasteiger partial charge >= 0.3 is 11.9 Å². The van der Waals surface area contributed by atoms with Crippen LogP contribution >= 0.6 is 0 Å². The second-order valence-electron chi connectivity index (χ2n) is 7.14. The topological polar surface area (TPSA) is 111 Å². The first-order valence-electron chi connectivity index (χ1n) is 10.5. The van der Waals surface area contributed by atoms with Crippen molar-refractivity contribution in [2.75, 3.05) is 32.7 Å². The van der Waals surface area contributed by atoms with E-state index in [0.29, 0.717) is 5.56 Å². The van der Waals surface area contributed by atoms with Gasteiger partial charge in [0.05, 0.1) is 38.5 Å². The van der Waals surface area contributed by atoms with E-state index in [-0.39, 0.29) is 48.7 Å². The number of amides is 3. The van der Waals surface area contributed by atoms with Crippen LogP contribution < -0.4 is 14.8 Å². The largest absolute Gasteiger partial charge is 0.493 e. The van der Waals surface area contributed by atoms with Crippen LogP contribution in [0, 0.1) is 30.5 Å². The maximum absolute atomic E-state index is 13.1. The summed E-state index contributed by atoms with van der Waals surface area (Å²) in [5.41, 5.74) is 0.547. The standard InChI is InChI=1S/C26H23FN2O7/c1-5-23(30)28-20-16-21(34-3)22(15-19(20)26(33)35-4)36-13-7-12-29(24(31)6-2)25(32)14-17-8-10-18(27)11-9-17/h1-2,8-11,15-16H,7,12-14H2,3-4H3,(H,28,30). The fourth-order valence-electron chi connectivity index (χ4n) is 3.07. The van der Waals surface area contributed by atoms with Crippen LogP contribution in [0.4, 0.5) is 10.1 Å². The molecule has 0 saturated carbocycles. The molecule has 9 nitrogen and oxygen atoms in total. The van der Waals surface area contributed by atoms with Crippen LogP contribution in [0.5, 0.6) is 11.5 Å². The maximum Gasteiger partial charge on any atom is 0.340 e. The molecular formula is C26H23FN2O7. The highest BCUT2D eigenvalue weighted by atomic mass is 19.1. The third-order valence-corrected chi connectivity index (χ3v) is 4.81. The lowest BCUT2D eigenvalue weighted by atomic mass is 10.1. The average molecular weight is 494 g/mol. The zero-order chi connectivity index (χ0) is 26.7. The van der Waals surface area contributed by atoms with E-state index in [0.717, 1.165) is 4.90 Å². The van der Waals surface area contributed by atoms with Crippen molar-refractivity contribution in [1.29, 1.82) is 0 Å². The molecule has 36 heavy (non-hydrogen) atoms. The second kappa shape index (κ2) is 13.2. The molecule has 0 unspecified atom stereocenters. The molecule has 2 rings (SSSR count). The van der Waals surface area contributed by atoms with Gasteiger partial charge in [0.25, 0.3) is 5.91 Å². The van der Waals surface area contributed by atoms with E-state index in [1.807, 2.05) is 11.8 Å². The number of nitrogens with one attached hydrogen (secondary N) is 1. The highest BCUT2D eigenvalue weighted by molar-refractivity contribution is 6.08. The van der Waals surface area contributed by atoms with Crippen LogP contribution in [0.2, 0.25) is 0 Å². The van der Waals surface area contributed by atoms with Gasteiger partial charge in [0.2, 0.25) is 5.91 Å². The molecule has 2 aromatic carbocycles. The van der Waals surface area contributed by atoms with Crippen molar-refractivity contribution >= 4 is 29.4 Å². The predicted molar refractivity (Wildman–Crippen MR) is 128 cm³/mol. The lowest BCUT2D eigenvalue weighted by Crippen LogP contribution is -2.38. The number of halogens is 1. The Bertz CT molecular complexity index is 1230. The maximum atomic E-state index is 13.1. The highest BCUT2D eigenvalue weighted by Crippen LogP contribution is 2.34. The first-order chi connectivity index (χ1) is 17.2. The van der Waals surface area contributed by atoms with Gasteiger partial charge in [-0.15, -0.1) is 12.8 Å². The number of imide groups is 1. The Hall–Kier alpha value is -4.83. The molecule has 10 heteroatoms. The first-order valence-corrected chi connectivity index (χ1v) is 10.5. The number of methoxy groups -OCH3 is 2. The average Bonchev–Trinajstić information content (AvgIpc) is 2.89. The second-order valence-corrected chi connectivity index (χ2v) is 7.14. The number of hydrogen-bond donors (Lipinski definition) is 1. The van der Waals surface area contributed by atoms with Gasteiger partial charge in [-0.2, -0.15) is 0 Å². The molecule has 0 aliphatic heterocycles. The van der Waals surface area contributed by atoms with Crippen molar-refractivity contribution in [3.8, 4) is 36.2 Å². The summed E-state index contributed by atoms with van der Waals surface area (Å²) in [4.78, 5) is 49.4. The van der Waals surface area contributed by atoms with E-state index in [1.54, 1.807) is 0 Å². The molecule has 0 radical (unpaired) electrons. The minimum absolute atomic E-state index is 0.00517. The van der Waals surface area contributed by atoms with Gasteiger partial charge in [-0.25, -0.2) is 9.18 Å². The van der Waals surface area contributed by atoms with E-state index in [9.17, 15) is 23.6 Å². The first kappa shape index (κ1) is 27.4. The third-order valence-electron chi connectivity index (χ3n) is 4.81. The molecule has 0 fully saturated rings. The quantitative estimate of drug-likeness (QED) is 0.306. The zero-order valence-electron chi connectivity index (χ0n) is 19.6. The molecule has 0 spiro atoms. The summed E-state index contributed by atoms with van der Waals surface area (Å²) < 4.78 is 28.8. The Kier molecular flexibility index (Phi) is 10.0. The van der Waals surface area contributed by atoms with E-state index in [1.165, 1.54) is 50.6 Å². The molecule has 0 heterocycles. The van der Waals surface area contributed by atoms with Gasteiger partial charge in [-0.1, -0.05) is 12.1 Å². The molecule has 0 aromatic heterocycles. The summed E-state index contributed by atoms with van der Waals surface area (Å²) in [6.45, 7) is -0.0449. The number of ether oxygens (including phenoxy) is 3. The third kappa shape index (κ3) is 7.34. The van der Waals surface area contributed by atoms with Crippen molar-refractivity contribution in [2.45, 2.75) is 12.8 Å². The molecule has 0 bridgehead atoms. The van der Waals surface area contributed by atoms with Crippen LogP contribution in [0.1, 0.15) is 22.3 Å². The van der Waals surface area contributed by atoms with Gasteiger partial charge in [-0.3, -0.25) is 19.3 Å². The summed E-state index contributed by atoms with van der Waals surface area (Å²) in [7, 11) is 2.52. The molecule has 186 valence electrons. The number of terminal acetylenes is 2. The van der Waals surface area contributed by atoms with Crippen molar-refractivity contribution in [3.05, 3.63) is 53.3 Å². The van der Waals surface area contributed by atoms with Crippen LogP contribution in [0.15, 0.2) is 36.4 Å². The van der Waals surface area contributed by atoms with E-state index < -0.39 is 29.5 Å². The van der Waals surface area contributed by atoms with Gasteiger partial charge in [0.15, 0.2) is 11.5 Å². The van der Waals surface area contributed by atoms with Gasteiger partial charge in [0, 0.05) is 18.7 Å². The number of carbonyl (C=O) groups is 4. The van der Waals surface area contributed by atoms with Crippen molar-refractivity contribution in [2.24, 2.45) is 0 Å². The van der Waals surface area contributed by atoms with Crippen LogP contribution in [-0.4, -0.2) is 56.0 Å². The van der Waals surface area contributed by atoms with Crippen LogP contribution in [0.25, 0.3) is 0 Å². The van der Waals surface area contributed by atoms with Crippen molar-refractivity contribution in [3.63, 3.8) is 0 Å². The normalized spacial score (nSPS) is 9.81. The molecule has 1 N–H and O–H groups in total. The van der Waals surface area contributed by atoms with Crippen molar-refractivity contribution < 1.29 is 37.8 Å². The minimum Gasteiger partial charge on any atom is -0.493 e. The highest BCUT2D eigenvalue weighted by Gasteiger charge is 2.21. The number of carbonyl (C=O) groups excluding carboxylic acids is 4. The number of anilines is 1. The molecule has 0 aliphatic carbocycles. The predicted octanol–water partition coefficient (Wildman–Crippen LogP) is 2.19. The van der Waals surface area contributed by atoms with Crippen molar-refractivity contribution in [1.82, 2.24) is 4.90 Å². The zero-order valence-corrected chi connectivity index (χ0v) is 19.6. The number of benzene rings is 2. The number of esters is 1. The molecule has 0 aliphatic rings. The fraction of sp³-hybridized carbons (Fsp3) is 0.231. The summed E-state index contributed by atoms with van der Waals surface area (Å²) in [5.74, 6) is 0.763. The van der Waals surface area contributed by atoms with Crippen LogP contribution in [0.3, 0.4) is 0 Å². The summed E-state index contributed by atoms with van der Waals surface area (Å²) in [5, 5.41) is 2.38. The van der Waals surface area contributed by atoms with E-state index >= 15 is 0 Å². The SMILES string of the molecule is C#CC(=O)Nc1cc(OC)c(OCCCN(C(=O)C#C)C(=O)Cc2ccc(F)cc2)cc1C(=O)OC. The smallest absolute Gasteiger partial charge is 0.340 e. The molecule has 3 amide bonds. The van der Waals surface area contributed by atoms with Gasteiger partial charge in [0.1, 0.15) is 5.82 Å². The minimum atomic E-state index is -0.818. The summed E-state index contributed by atoms with van der Waals surface area (Å²) in [6.07, 6.45) is 10.3. The monoisotopic (exact) mass is 494 g/mol. The molecular weight excluding hydrogens is 471 g/mol. The summed E-state index contributed by atoms with van der Waals surface area (Å²) in [6, 6.07) is 7.95. The number of nitrogens with zero attached hydrogens (tertiary/aromatic N) is 1. The molecule has 0 atom stereocenters. The van der Waals surface area contributed by atoms with E-state index in [2.05, 4.69) is 5.32 Å². The van der Waals surface area contributed by atoms with Crippen LogP contribution in [-0.2, 0) is 25.5 Å². The molecule has 0 saturated heterocycles. The number of rotatable bonds is 10.